The first-order chi connectivity index (χ1) is 3.72. The summed E-state index contributed by atoms with van der Waals surface area (Å²) in [7, 11) is 0. The van der Waals surface area contributed by atoms with Crippen LogP contribution in [-0.4, -0.2) is 25.2 Å². The fourth-order valence-electron chi connectivity index (χ4n) is 0.350. The quantitative estimate of drug-likeness (QED) is 0.330. The van der Waals surface area contributed by atoms with Crippen molar-refractivity contribution in [1.29, 1.82) is 0 Å². The third kappa shape index (κ3) is 2.23. The third-order valence-corrected chi connectivity index (χ3v) is 1.09. The Kier molecular flexibility index (Phi) is 3.72. The average Bonchev–Trinajstić information content (AvgIpc) is 1.84. The van der Waals surface area contributed by atoms with Crippen LogP contribution in [0.1, 0.15) is 0 Å². The molecular weight excluding hydrogens is 104 g/mol. The van der Waals surface area contributed by atoms with Gasteiger partial charge in [-0.25, -0.2) is 0 Å². The van der Waals surface area contributed by atoms with Gasteiger partial charge in [-0.15, -0.1) is 0 Å². The van der Waals surface area contributed by atoms with E-state index in [0.717, 1.165) is 0 Å². The Morgan fingerprint density at radius 1 is 0.875 bits per heavy atom. The monoisotopic (exact) mass is 118 g/mol. The normalized spacial score (nSPS) is 18.0. The van der Waals surface area contributed by atoms with Crippen LogP contribution in [-0.2, 0) is 0 Å². The Morgan fingerprint density at radius 3 is 1.25 bits per heavy atom. The first-order valence-corrected chi connectivity index (χ1v) is 2.63. The van der Waals surface area contributed by atoms with Gasteiger partial charge in [0, 0.05) is 25.2 Å². The summed E-state index contributed by atoms with van der Waals surface area (Å²) in [5.41, 5.74) is 21.2. The predicted molar refractivity (Wildman–Crippen MR) is 34.1 cm³/mol. The molecule has 0 aliphatic carbocycles. The molecule has 0 radical (unpaired) electrons. The Labute approximate surface area is 49.2 Å². The van der Waals surface area contributed by atoms with Gasteiger partial charge < -0.3 is 22.9 Å². The second-order valence-electron chi connectivity index (χ2n) is 1.80. The average molecular weight is 118 g/mol. The minimum atomic E-state index is -0.153. The van der Waals surface area contributed by atoms with Gasteiger partial charge >= 0.3 is 0 Å². The zero-order chi connectivity index (χ0) is 6.57. The van der Waals surface area contributed by atoms with Crippen LogP contribution in [0.25, 0.3) is 0 Å². The highest BCUT2D eigenvalue weighted by atomic mass is 14.8. The van der Waals surface area contributed by atoms with Gasteiger partial charge in [-0.05, 0) is 0 Å². The van der Waals surface area contributed by atoms with Gasteiger partial charge in [-0.2, -0.15) is 0 Å². The summed E-state index contributed by atoms with van der Waals surface area (Å²) in [6, 6.07) is -0.306. The second-order valence-corrected chi connectivity index (χ2v) is 1.80. The highest BCUT2D eigenvalue weighted by molar-refractivity contribution is 4.76. The maximum absolute atomic E-state index is 5.40. The molecule has 0 saturated heterocycles. The maximum Gasteiger partial charge on any atom is 0.0329 e. The van der Waals surface area contributed by atoms with Crippen molar-refractivity contribution in [2.45, 2.75) is 12.1 Å². The van der Waals surface area contributed by atoms with E-state index in [-0.39, 0.29) is 12.1 Å². The van der Waals surface area contributed by atoms with Crippen molar-refractivity contribution in [3.05, 3.63) is 0 Å². The van der Waals surface area contributed by atoms with E-state index in [9.17, 15) is 0 Å². The minimum absolute atomic E-state index is 0.153. The van der Waals surface area contributed by atoms with Gasteiger partial charge in [0.05, 0.1) is 0 Å². The largest absolute Gasteiger partial charge is 0.329 e. The van der Waals surface area contributed by atoms with E-state index in [2.05, 4.69) is 0 Å². The standard InChI is InChI=1S/C4H14N4/c5-1-3(7)4(8)2-6/h3-4H,1-2,5-8H2. The lowest BCUT2D eigenvalue weighted by molar-refractivity contribution is 0.540. The maximum atomic E-state index is 5.40. The molecule has 2 atom stereocenters. The van der Waals surface area contributed by atoms with Gasteiger partial charge in [0.2, 0.25) is 0 Å². The Balaban J connectivity index is 3.29. The highest BCUT2D eigenvalue weighted by Gasteiger charge is 2.07. The van der Waals surface area contributed by atoms with Crippen LogP contribution in [0.15, 0.2) is 0 Å². The van der Waals surface area contributed by atoms with Gasteiger partial charge in [-0.1, -0.05) is 0 Å². The molecule has 50 valence electrons. The van der Waals surface area contributed by atoms with E-state index in [4.69, 9.17) is 22.9 Å². The van der Waals surface area contributed by atoms with Crippen molar-refractivity contribution in [2.75, 3.05) is 13.1 Å². The van der Waals surface area contributed by atoms with Crippen molar-refractivity contribution in [3.63, 3.8) is 0 Å². The van der Waals surface area contributed by atoms with E-state index in [1.165, 1.54) is 0 Å². The molecular formula is C4H14N4. The first kappa shape index (κ1) is 7.84. The summed E-state index contributed by atoms with van der Waals surface area (Å²) in [4.78, 5) is 0. The summed E-state index contributed by atoms with van der Waals surface area (Å²) in [5, 5.41) is 0. The molecule has 0 amide bonds. The summed E-state index contributed by atoms with van der Waals surface area (Å²) < 4.78 is 0. The predicted octanol–water partition coefficient (Wildman–Crippen LogP) is -2.44. The molecule has 0 saturated carbocycles. The molecule has 0 aliphatic heterocycles. The van der Waals surface area contributed by atoms with E-state index >= 15 is 0 Å². The second kappa shape index (κ2) is 3.80. The summed E-state index contributed by atoms with van der Waals surface area (Å²) >= 11 is 0. The lowest BCUT2D eigenvalue weighted by Gasteiger charge is -2.14. The topological polar surface area (TPSA) is 104 Å². The van der Waals surface area contributed by atoms with Gasteiger partial charge in [0.15, 0.2) is 0 Å². The molecule has 8 N–H and O–H groups in total. The molecule has 2 unspecified atom stereocenters. The Bertz CT molecular complexity index is 48.0. The first-order valence-electron chi connectivity index (χ1n) is 2.63. The molecule has 0 aromatic rings. The van der Waals surface area contributed by atoms with E-state index < -0.39 is 0 Å². The van der Waals surface area contributed by atoms with E-state index in [1.54, 1.807) is 0 Å². The van der Waals surface area contributed by atoms with Gasteiger partial charge in [-0.3, -0.25) is 0 Å². The summed E-state index contributed by atoms with van der Waals surface area (Å²) in [6.45, 7) is 0.802. The van der Waals surface area contributed by atoms with Crippen LogP contribution in [0.2, 0.25) is 0 Å². The van der Waals surface area contributed by atoms with Crippen LogP contribution >= 0.6 is 0 Å². The van der Waals surface area contributed by atoms with Crippen molar-refractivity contribution < 1.29 is 0 Å². The van der Waals surface area contributed by atoms with Crippen LogP contribution in [0.3, 0.4) is 0 Å². The zero-order valence-electron chi connectivity index (χ0n) is 4.88. The lowest BCUT2D eigenvalue weighted by atomic mass is 10.1. The molecule has 0 aromatic heterocycles. The summed E-state index contributed by atoms with van der Waals surface area (Å²) in [5.74, 6) is 0. The molecule has 4 heteroatoms. The van der Waals surface area contributed by atoms with Crippen molar-refractivity contribution in [1.82, 2.24) is 0 Å². The third-order valence-electron chi connectivity index (χ3n) is 1.09. The Morgan fingerprint density at radius 2 is 1.12 bits per heavy atom. The van der Waals surface area contributed by atoms with Gasteiger partial charge in [0.25, 0.3) is 0 Å². The SMILES string of the molecule is NCC(N)C(N)CN. The molecule has 0 aliphatic rings. The number of rotatable bonds is 3. The van der Waals surface area contributed by atoms with E-state index in [0.29, 0.717) is 13.1 Å². The van der Waals surface area contributed by atoms with Crippen LogP contribution in [0, 0.1) is 0 Å². The van der Waals surface area contributed by atoms with Crippen molar-refractivity contribution >= 4 is 0 Å². The molecule has 0 fully saturated rings. The van der Waals surface area contributed by atoms with Crippen LogP contribution < -0.4 is 22.9 Å². The zero-order valence-corrected chi connectivity index (χ0v) is 4.88. The van der Waals surface area contributed by atoms with Crippen LogP contribution in [0.4, 0.5) is 0 Å². The van der Waals surface area contributed by atoms with Crippen molar-refractivity contribution in [3.8, 4) is 0 Å². The number of hydrogen-bond acceptors (Lipinski definition) is 4. The summed E-state index contributed by atoms with van der Waals surface area (Å²) in [6.07, 6.45) is 0. The fraction of sp³-hybridized carbons (Fsp3) is 1.00. The molecule has 8 heavy (non-hydrogen) atoms. The molecule has 4 nitrogen and oxygen atoms in total. The van der Waals surface area contributed by atoms with E-state index in [1.807, 2.05) is 0 Å². The van der Waals surface area contributed by atoms with Crippen molar-refractivity contribution in [2.24, 2.45) is 22.9 Å². The minimum Gasteiger partial charge on any atom is -0.329 e. The molecule has 0 heterocycles. The lowest BCUT2D eigenvalue weighted by Crippen LogP contribution is -2.50. The van der Waals surface area contributed by atoms with Crippen LogP contribution in [0.5, 0.6) is 0 Å². The number of nitrogens with two attached hydrogens (primary N) is 4. The fourth-order valence-corrected chi connectivity index (χ4v) is 0.350. The van der Waals surface area contributed by atoms with Gasteiger partial charge in [0.1, 0.15) is 0 Å². The number of hydrogen-bond donors (Lipinski definition) is 4. The highest BCUT2D eigenvalue weighted by Crippen LogP contribution is 1.77. The molecule has 0 rings (SSSR count). The smallest absolute Gasteiger partial charge is 0.0329 e. The molecule has 0 aromatic carbocycles. The Hall–Kier alpha value is -0.160. The molecule has 0 spiro atoms. The molecule has 0 bridgehead atoms.